The molecule has 0 aliphatic rings. The first-order chi connectivity index (χ1) is 7.25. The van der Waals surface area contributed by atoms with Crippen LogP contribution in [0, 0.1) is 0 Å². The van der Waals surface area contributed by atoms with E-state index in [0.717, 1.165) is 41.7 Å². The van der Waals surface area contributed by atoms with E-state index < -0.39 is 0 Å². The van der Waals surface area contributed by atoms with E-state index in [0.29, 0.717) is 0 Å². The second kappa shape index (κ2) is 11.4. The molecule has 0 aromatic heterocycles. The van der Waals surface area contributed by atoms with E-state index >= 15 is 0 Å². The second-order valence-corrected chi connectivity index (χ2v) is 4.15. The van der Waals surface area contributed by atoms with Crippen molar-refractivity contribution in [2.24, 2.45) is 0 Å². The van der Waals surface area contributed by atoms with E-state index in [4.69, 9.17) is 23.2 Å². The Balaban J connectivity index is 0. The van der Waals surface area contributed by atoms with Crippen molar-refractivity contribution in [2.75, 3.05) is 20.1 Å². The van der Waals surface area contributed by atoms with Gasteiger partial charge >= 0.3 is 0 Å². The number of rotatable bonds is 6. The van der Waals surface area contributed by atoms with E-state index in [2.05, 4.69) is 10.6 Å². The minimum atomic E-state index is 0. The van der Waals surface area contributed by atoms with Crippen molar-refractivity contribution >= 4 is 48.0 Å². The van der Waals surface area contributed by atoms with E-state index in [9.17, 15) is 0 Å². The molecule has 0 bridgehead atoms. The van der Waals surface area contributed by atoms with Crippen molar-refractivity contribution < 1.29 is 0 Å². The average Bonchev–Trinajstić information content (AvgIpc) is 2.21. The monoisotopic (exact) mass is 318 g/mol. The summed E-state index contributed by atoms with van der Waals surface area (Å²) in [6.07, 6.45) is 1.10. The van der Waals surface area contributed by atoms with Crippen molar-refractivity contribution in [1.82, 2.24) is 10.6 Å². The van der Waals surface area contributed by atoms with Gasteiger partial charge in [0.15, 0.2) is 0 Å². The molecule has 0 unspecified atom stereocenters. The van der Waals surface area contributed by atoms with Crippen LogP contribution in [0.2, 0.25) is 10.0 Å². The summed E-state index contributed by atoms with van der Waals surface area (Å²) < 4.78 is 0. The molecule has 0 saturated carbocycles. The van der Waals surface area contributed by atoms with Crippen LogP contribution in [0.5, 0.6) is 0 Å². The summed E-state index contributed by atoms with van der Waals surface area (Å²) in [5.74, 6) is 0. The van der Waals surface area contributed by atoms with Gasteiger partial charge < -0.3 is 10.6 Å². The lowest BCUT2D eigenvalue weighted by Gasteiger charge is -2.08. The molecular formula is C11H18Cl4N2. The maximum Gasteiger partial charge on any atom is 0.0465 e. The highest BCUT2D eigenvalue weighted by atomic mass is 35.5. The topological polar surface area (TPSA) is 24.1 Å². The molecule has 100 valence electrons. The molecule has 0 amide bonds. The first-order valence-corrected chi connectivity index (χ1v) is 5.79. The fourth-order valence-electron chi connectivity index (χ4n) is 1.30. The van der Waals surface area contributed by atoms with Gasteiger partial charge in [0.1, 0.15) is 0 Å². The van der Waals surface area contributed by atoms with Gasteiger partial charge in [-0.2, -0.15) is 0 Å². The number of nitrogens with one attached hydrogen (secondary N) is 2. The molecule has 1 aromatic rings. The molecule has 1 rings (SSSR count). The Kier molecular flexibility index (Phi) is 13.2. The maximum atomic E-state index is 6.03. The molecule has 0 atom stereocenters. The Hall–Kier alpha value is 0.300. The van der Waals surface area contributed by atoms with Crippen LogP contribution in [0.25, 0.3) is 0 Å². The van der Waals surface area contributed by atoms with Crippen molar-refractivity contribution in [3.63, 3.8) is 0 Å². The molecule has 2 nitrogen and oxygen atoms in total. The van der Waals surface area contributed by atoms with Crippen LogP contribution in [-0.4, -0.2) is 20.1 Å². The molecule has 0 saturated heterocycles. The summed E-state index contributed by atoms with van der Waals surface area (Å²) in [5, 5.41) is 7.86. The summed E-state index contributed by atoms with van der Waals surface area (Å²) in [5.41, 5.74) is 0.977. The van der Waals surface area contributed by atoms with E-state index in [-0.39, 0.29) is 24.8 Å². The fourth-order valence-corrected chi connectivity index (χ4v) is 1.84. The molecule has 0 aliphatic carbocycles. The van der Waals surface area contributed by atoms with Crippen LogP contribution < -0.4 is 10.6 Å². The van der Waals surface area contributed by atoms with Crippen molar-refractivity contribution in [3.05, 3.63) is 33.8 Å². The third-order valence-electron chi connectivity index (χ3n) is 2.14. The van der Waals surface area contributed by atoms with Crippen molar-refractivity contribution in [3.8, 4) is 0 Å². The van der Waals surface area contributed by atoms with E-state index in [1.165, 1.54) is 0 Å². The van der Waals surface area contributed by atoms with Crippen LogP contribution in [0.4, 0.5) is 0 Å². The average molecular weight is 320 g/mol. The number of hydrogen-bond donors (Lipinski definition) is 2. The molecule has 0 heterocycles. The predicted molar refractivity (Wildman–Crippen MR) is 81.2 cm³/mol. The zero-order valence-corrected chi connectivity index (χ0v) is 12.8. The van der Waals surface area contributed by atoms with Gasteiger partial charge in [-0.3, -0.25) is 0 Å². The second-order valence-electron chi connectivity index (χ2n) is 3.33. The lowest BCUT2D eigenvalue weighted by molar-refractivity contribution is 0.625. The summed E-state index contributed by atoms with van der Waals surface area (Å²) in [6, 6.07) is 5.57. The molecule has 17 heavy (non-hydrogen) atoms. The highest BCUT2D eigenvalue weighted by Gasteiger charge is 2.03. The van der Waals surface area contributed by atoms with Crippen molar-refractivity contribution in [2.45, 2.75) is 13.0 Å². The summed E-state index contributed by atoms with van der Waals surface area (Å²) in [7, 11) is 1.95. The zero-order chi connectivity index (χ0) is 11.1. The Morgan fingerprint density at radius 3 is 2.18 bits per heavy atom. The molecule has 6 heteroatoms. The quantitative estimate of drug-likeness (QED) is 0.784. The first kappa shape index (κ1) is 19.6. The third kappa shape index (κ3) is 7.35. The van der Waals surface area contributed by atoms with Crippen molar-refractivity contribution in [1.29, 1.82) is 0 Å². The van der Waals surface area contributed by atoms with Gasteiger partial charge in [0.05, 0.1) is 0 Å². The smallest absolute Gasteiger partial charge is 0.0465 e. The SMILES string of the molecule is CNCCCNCc1c(Cl)cccc1Cl.Cl.Cl. The largest absolute Gasteiger partial charge is 0.320 e. The van der Waals surface area contributed by atoms with Gasteiger partial charge in [0.2, 0.25) is 0 Å². The molecule has 0 spiro atoms. The Bertz CT molecular complexity index is 287. The standard InChI is InChI=1S/C11H16Cl2N2.2ClH/c1-14-6-3-7-15-8-9-10(12)4-2-5-11(9)13;;/h2,4-5,14-15H,3,6-8H2,1H3;2*1H. The molecule has 0 aliphatic heterocycles. The van der Waals surface area contributed by atoms with Gasteiger partial charge in [-0.25, -0.2) is 0 Å². The number of hydrogen-bond acceptors (Lipinski definition) is 2. The van der Waals surface area contributed by atoms with Gasteiger partial charge in [-0.15, -0.1) is 24.8 Å². The molecule has 0 fully saturated rings. The normalized spacial score (nSPS) is 9.35. The highest BCUT2D eigenvalue weighted by molar-refractivity contribution is 6.35. The van der Waals surface area contributed by atoms with E-state index in [1.807, 2.05) is 25.2 Å². The van der Waals surface area contributed by atoms with Gasteiger partial charge in [-0.05, 0) is 38.7 Å². The van der Waals surface area contributed by atoms with Gasteiger partial charge in [0.25, 0.3) is 0 Å². The minimum absolute atomic E-state index is 0. The highest BCUT2D eigenvalue weighted by Crippen LogP contribution is 2.23. The van der Waals surface area contributed by atoms with Gasteiger partial charge in [-0.1, -0.05) is 29.3 Å². The van der Waals surface area contributed by atoms with Crippen LogP contribution in [0.1, 0.15) is 12.0 Å². The van der Waals surface area contributed by atoms with E-state index in [1.54, 1.807) is 0 Å². The molecule has 0 radical (unpaired) electrons. The van der Waals surface area contributed by atoms with Crippen LogP contribution >= 0.6 is 48.0 Å². The van der Waals surface area contributed by atoms with Crippen LogP contribution in [0.15, 0.2) is 18.2 Å². The van der Waals surface area contributed by atoms with Crippen LogP contribution in [-0.2, 0) is 6.54 Å². The predicted octanol–water partition coefficient (Wildman–Crippen LogP) is 3.54. The maximum absolute atomic E-state index is 6.03. The lowest BCUT2D eigenvalue weighted by Crippen LogP contribution is -2.19. The Labute approximate surface area is 125 Å². The van der Waals surface area contributed by atoms with Gasteiger partial charge in [0, 0.05) is 22.2 Å². The number of benzene rings is 1. The summed E-state index contributed by atoms with van der Waals surface area (Å²) >= 11 is 12.1. The Morgan fingerprint density at radius 2 is 1.65 bits per heavy atom. The minimum Gasteiger partial charge on any atom is -0.320 e. The summed E-state index contributed by atoms with van der Waals surface area (Å²) in [6.45, 7) is 2.70. The third-order valence-corrected chi connectivity index (χ3v) is 2.85. The number of halogens is 4. The molecular weight excluding hydrogens is 302 g/mol. The fraction of sp³-hybridized carbons (Fsp3) is 0.455. The Morgan fingerprint density at radius 1 is 1.06 bits per heavy atom. The first-order valence-electron chi connectivity index (χ1n) is 5.04. The zero-order valence-electron chi connectivity index (χ0n) is 9.63. The molecule has 1 aromatic carbocycles. The summed E-state index contributed by atoms with van der Waals surface area (Å²) in [4.78, 5) is 0. The lowest BCUT2D eigenvalue weighted by atomic mass is 10.2. The van der Waals surface area contributed by atoms with Crippen LogP contribution in [0.3, 0.4) is 0 Å². The molecule has 2 N–H and O–H groups in total.